The third-order valence-corrected chi connectivity index (χ3v) is 6.36. The van der Waals surface area contributed by atoms with E-state index in [1.54, 1.807) is 13.8 Å². The summed E-state index contributed by atoms with van der Waals surface area (Å²) in [6.07, 6.45) is -6.12. The maximum absolute atomic E-state index is 13.5. The summed E-state index contributed by atoms with van der Waals surface area (Å²) in [5.41, 5.74) is -1.70. The molecule has 0 fully saturated rings. The zero-order valence-electron chi connectivity index (χ0n) is 21.0. The number of carbonyl (C=O) groups is 2. The summed E-state index contributed by atoms with van der Waals surface area (Å²) in [5.74, 6) is -2.10. The van der Waals surface area contributed by atoms with E-state index in [1.165, 1.54) is 42.5 Å². The minimum absolute atomic E-state index is 0.0835. The van der Waals surface area contributed by atoms with Gasteiger partial charge in [-0.1, -0.05) is 57.5 Å². The van der Waals surface area contributed by atoms with E-state index in [0.717, 1.165) is 12.1 Å². The van der Waals surface area contributed by atoms with Crippen LogP contribution in [0.4, 0.5) is 22.0 Å². The van der Waals surface area contributed by atoms with Gasteiger partial charge in [-0.3, -0.25) is 4.79 Å². The van der Waals surface area contributed by atoms with Gasteiger partial charge in [-0.2, -0.15) is 13.2 Å². The minimum Gasteiger partial charge on any atom is -0.487 e. The van der Waals surface area contributed by atoms with E-state index in [-0.39, 0.29) is 28.9 Å². The molecule has 0 aliphatic heterocycles. The minimum atomic E-state index is -4.52. The highest BCUT2D eigenvalue weighted by Gasteiger charge is 2.36. The van der Waals surface area contributed by atoms with Gasteiger partial charge in [-0.05, 0) is 47.1 Å². The lowest BCUT2D eigenvalue weighted by Gasteiger charge is -2.32. The second-order valence-electron chi connectivity index (χ2n) is 9.69. The molecule has 1 amide bonds. The number of hydrogen-bond acceptors (Lipinski definition) is 3. The van der Waals surface area contributed by atoms with E-state index in [9.17, 15) is 36.6 Å². The van der Waals surface area contributed by atoms with Crippen LogP contribution in [-0.2, 0) is 17.6 Å². The number of carbonyl (C=O) groups excluding carboxylic acids is 1. The molecule has 0 aromatic heterocycles. The molecular weight excluding hydrogens is 509 g/mol. The number of alkyl halides is 5. The molecule has 0 bridgehead atoms. The summed E-state index contributed by atoms with van der Waals surface area (Å²) in [7, 11) is 0. The van der Waals surface area contributed by atoms with Gasteiger partial charge < -0.3 is 15.2 Å². The number of ether oxygens (including phenoxy) is 1. The summed E-state index contributed by atoms with van der Waals surface area (Å²) >= 11 is 0. The Morgan fingerprint density at radius 2 is 1.63 bits per heavy atom. The van der Waals surface area contributed by atoms with Crippen LogP contribution in [0, 0.1) is 5.41 Å². The lowest BCUT2D eigenvalue weighted by molar-refractivity contribution is -0.142. The van der Waals surface area contributed by atoms with Crippen LogP contribution in [0.3, 0.4) is 0 Å². The molecular formula is C28H28F5NO4. The Morgan fingerprint density at radius 1 is 1.00 bits per heavy atom. The SMILES string of the molecule is CCCC(C)(C)C(NC(=O)c1ccc2ccc(C(F)F)cc2c1OCc1ccc(C(F)(F)F)cc1)C(=O)O. The molecule has 1 atom stereocenters. The van der Waals surface area contributed by atoms with E-state index < -0.39 is 41.5 Å². The van der Waals surface area contributed by atoms with Gasteiger partial charge in [-0.15, -0.1) is 0 Å². The standard InChI is InChI=1S/C28H28F5NO4/c1-4-13-27(2,3)23(26(36)37)34-25(35)20-12-9-17-7-8-18(24(29)30)14-21(17)22(20)38-15-16-5-10-19(11-6-16)28(31,32)33/h5-12,14,23-24H,4,13,15H2,1-3H3,(H,34,35)(H,36,37). The van der Waals surface area contributed by atoms with E-state index in [2.05, 4.69) is 5.32 Å². The maximum Gasteiger partial charge on any atom is 0.416 e. The van der Waals surface area contributed by atoms with Crippen molar-refractivity contribution < 1.29 is 41.4 Å². The van der Waals surface area contributed by atoms with Crippen molar-refractivity contribution in [2.75, 3.05) is 0 Å². The van der Waals surface area contributed by atoms with E-state index in [1.807, 2.05) is 6.92 Å². The second kappa shape index (κ2) is 11.4. The normalized spacial score (nSPS) is 13.0. The van der Waals surface area contributed by atoms with Crippen LogP contribution in [-0.4, -0.2) is 23.0 Å². The van der Waals surface area contributed by atoms with Gasteiger partial charge in [0.25, 0.3) is 12.3 Å². The van der Waals surface area contributed by atoms with Crippen LogP contribution >= 0.6 is 0 Å². The monoisotopic (exact) mass is 537 g/mol. The van der Waals surface area contributed by atoms with Crippen LogP contribution < -0.4 is 10.1 Å². The zero-order chi connectivity index (χ0) is 28.3. The van der Waals surface area contributed by atoms with Gasteiger partial charge in [0.1, 0.15) is 18.4 Å². The van der Waals surface area contributed by atoms with Crippen molar-refractivity contribution in [3.63, 3.8) is 0 Å². The van der Waals surface area contributed by atoms with Crippen LogP contribution in [0.15, 0.2) is 54.6 Å². The van der Waals surface area contributed by atoms with E-state index in [4.69, 9.17) is 4.74 Å². The first-order valence-electron chi connectivity index (χ1n) is 11.9. The van der Waals surface area contributed by atoms with Gasteiger partial charge in [0.15, 0.2) is 0 Å². The van der Waals surface area contributed by atoms with Gasteiger partial charge >= 0.3 is 12.1 Å². The lowest BCUT2D eigenvalue weighted by Crippen LogP contribution is -2.50. The Hall–Kier alpha value is -3.69. The molecule has 0 saturated carbocycles. The predicted molar refractivity (Wildman–Crippen MR) is 132 cm³/mol. The number of benzene rings is 3. The smallest absolute Gasteiger partial charge is 0.416 e. The number of hydrogen-bond donors (Lipinski definition) is 2. The number of carboxylic acids is 1. The average Bonchev–Trinajstić information content (AvgIpc) is 2.84. The van der Waals surface area contributed by atoms with Crippen molar-refractivity contribution in [2.24, 2.45) is 5.41 Å². The van der Waals surface area contributed by atoms with E-state index >= 15 is 0 Å². The van der Waals surface area contributed by atoms with Crippen LogP contribution in [0.25, 0.3) is 10.8 Å². The summed E-state index contributed by atoms with van der Waals surface area (Å²) in [4.78, 5) is 25.3. The molecule has 204 valence electrons. The molecule has 0 saturated heterocycles. The Balaban J connectivity index is 2.03. The van der Waals surface area contributed by atoms with Gasteiger partial charge in [0.05, 0.1) is 11.1 Å². The number of nitrogens with one attached hydrogen (secondary N) is 1. The molecule has 0 aliphatic carbocycles. The summed E-state index contributed by atoms with van der Waals surface area (Å²) in [6.45, 7) is 5.06. The van der Waals surface area contributed by atoms with Crippen LogP contribution in [0.2, 0.25) is 0 Å². The molecule has 0 aliphatic rings. The molecule has 38 heavy (non-hydrogen) atoms. The van der Waals surface area contributed by atoms with Crippen molar-refractivity contribution in [2.45, 2.75) is 58.9 Å². The second-order valence-corrected chi connectivity index (χ2v) is 9.69. The Morgan fingerprint density at radius 3 is 2.18 bits per heavy atom. The molecule has 0 heterocycles. The highest BCUT2D eigenvalue weighted by Crippen LogP contribution is 2.35. The first kappa shape index (κ1) is 28.9. The van der Waals surface area contributed by atoms with Gasteiger partial charge in [-0.25, -0.2) is 13.6 Å². The van der Waals surface area contributed by atoms with Gasteiger partial charge in [0, 0.05) is 10.9 Å². The van der Waals surface area contributed by atoms with Crippen molar-refractivity contribution in [3.8, 4) is 5.75 Å². The summed E-state index contributed by atoms with van der Waals surface area (Å²) < 4.78 is 71.5. The molecule has 2 N–H and O–H groups in total. The molecule has 0 radical (unpaired) electrons. The third-order valence-electron chi connectivity index (χ3n) is 6.36. The molecule has 3 aromatic rings. The topological polar surface area (TPSA) is 75.6 Å². The number of halogens is 5. The number of rotatable bonds is 10. The summed E-state index contributed by atoms with van der Waals surface area (Å²) in [5, 5.41) is 13.0. The predicted octanol–water partition coefficient (Wildman–Crippen LogP) is 7.38. The number of fused-ring (bicyclic) bond motifs is 1. The molecule has 0 spiro atoms. The van der Waals surface area contributed by atoms with Crippen LogP contribution in [0.5, 0.6) is 5.75 Å². The lowest BCUT2D eigenvalue weighted by atomic mass is 9.80. The fraction of sp³-hybridized carbons (Fsp3) is 0.357. The maximum atomic E-state index is 13.5. The molecule has 3 rings (SSSR count). The van der Waals surface area contributed by atoms with Crippen molar-refractivity contribution >= 4 is 22.6 Å². The van der Waals surface area contributed by atoms with Crippen molar-refractivity contribution in [3.05, 3.63) is 76.9 Å². The first-order valence-corrected chi connectivity index (χ1v) is 11.9. The number of carboxylic acid groups (broad SMARTS) is 1. The van der Waals surface area contributed by atoms with Crippen molar-refractivity contribution in [1.82, 2.24) is 5.32 Å². The number of amides is 1. The summed E-state index contributed by atoms with van der Waals surface area (Å²) in [6, 6.07) is 9.72. The number of aliphatic carboxylic acids is 1. The first-order chi connectivity index (χ1) is 17.7. The van der Waals surface area contributed by atoms with Crippen molar-refractivity contribution in [1.29, 1.82) is 0 Å². The van der Waals surface area contributed by atoms with E-state index in [0.29, 0.717) is 23.8 Å². The Labute approximate surface area is 216 Å². The molecule has 1 unspecified atom stereocenters. The molecule has 5 nitrogen and oxygen atoms in total. The Kier molecular flexibility index (Phi) is 8.64. The van der Waals surface area contributed by atoms with Crippen LogP contribution in [0.1, 0.15) is 67.1 Å². The fourth-order valence-corrected chi connectivity index (χ4v) is 4.31. The highest BCUT2D eigenvalue weighted by atomic mass is 19.4. The highest BCUT2D eigenvalue weighted by molar-refractivity contribution is 6.05. The molecule has 3 aromatic carbocycles. The average molecular weight is 538 g/mol. The third kappa shape index (κ3) is 6.59. The zero-order valence-corrected chi connectivity index (χ0v) is 21.0. The Bertz CT molecular complexity index is 1300. The quantitative estimate of drug-likeness (QED) is 0.265. The largest absolute Gasteiger partial charge is 0.487 e. The molecule has 10 heteroatoms. The fourth-order valence-electron chi connectivity index (χ4n) is 4.31. The van der Waals surface area contributed by atoms with Gasteiger partial charge in [0.2, 0.25) is 0 Å².